The number of carbonyl (C=O) groups is 1. The van der Waals surface area contributed by atoms with Gasteiger partial charge in [-0.2, -0.15) is 8.42 Å². The summed E-state index contributed by atoms with van der Waals surface area (Å²) in [5.41, 5.74) is 1.36. The number of carbonyl (C=O) groups excluding carboxylic acids is 1. The van der Waals surface area contributed by atoms with Crippen molar-refractivity contribution in [1.29, 1.82) is 0 Å². The summed E-state index contributed by atoms with van der Waals surface area (Å²) in [6.07, 6.45) is 3.14. The highest BCUT2D eigenvalue weighted by atomic mass is 32.2. The number of nitrogens with zero attached hydrogens (tertiary/aromatic N) is 3. The normalized spacial score (nSPS) is 18.5. The first kappa shape index (κ1) is 15.0. The van der Waals surface area contributed by atoms with Crippen LogP contribution >= 0.6 is 0 Å². The maximum absolute atomic E-state index is 12.8. The van der Waals surface area contributed by atoms with Crippen molar-refractivity contribution in [2.24, 2.45) is 0 Å². The molecule has 0 radical (unpaired) electrons. The van der Waals surface area contributed by atoms with E-state index in [1.54, 1.807) is 6.07 Å². The molecule has 4 rings (SSSR count). The van der Waals surface area contributed by atoms with E-state index in [1.165, 1.54) is 20.9 Å². The number of aromatic nitrogens is 1. The molecule has 1 aromatic carbocycles. The molecule has 1 aromatic heterocycles. The summed E-state index contributed by atoms with van der Waals surface area (Å²) < 4.78 is 33.3. The molecule has 0 unspecified atom stereocenters. The smallest absolute Gasteiger partial charge is 0.326 e. The zero-order chi connectivity index (χ0) is 16.7. The Balaban J connectivity index is 1.51. The average Bonchev–Trinajstić information content (AvgIpc) is 3.16. The van der Waals surface area contributed by atoms with Crippen LogP contribution in [-0.4, -0.2) is 38.6 Å². The van der Waals surface area contributed by atoms with Gasteiger partial charge in [0.15, 0.2) is 0 Å². The van der Waals surface area contributed by atoms with E-state index in [0.717, 1.165) is 12.8 Å². The molecule has 1 aliphatic heterocycles. The molecule has 2 aliphatic rings. The van der Waals surface area contributed by atoms with Crippen LogP contribution in [0.25, 0.3) is 0 Å². The van der Waals surface area contributed by atoms with E-state index in [2.05, 4.69) is 10.5 Å². The molecular formula is C15H16N4O4S. The van der Waals surface area contributed by atoms with Gasteiger partial charge in [0.1, 0.15) is 0 Å². The van der Waals surface area contributed by atoms with Gasteiger partial charge in [0.2, 0.25) is 5.76 Å². The molecule has 0 atom stereocenters. The molecule has 0 bridgehead atoms. The summed E-state index contributed by atoms with van der Waals surface area (Å²) in [5.74, 6) is -0.323. The minimum atomic E-state index is -3.60. The van der Waals surface area contributed by atoms with Gasteiger partial charge in [-0.05, 0) is 25.0 Å². The molecular weight excluding hydrogens is 332 g/mol. The fourth-order valence-electron chi connectivity index (χ4n) is 2.84. The van der Waals surface area contributed by atoms with E-state index < -0.39 is 16.1 Å². The van der Waals surface area contributed by atoms with Gasteiger partial charge in [0, 0.05) is 18.7 Å². The van der Waals surface area contributed by atoms with Crippen molar-refractivity contribution >= 4 is 27.5 Å². The van der Waals surface area contributed by atoms with Crippen molar-refractivity contribution in [1.82, 2.24) is 10.5 Å². The lowest BCUT2D eigenvalue weighted by Gasteiger charge is -2.21. The van der Waals surface area contributed by atoms with Crippen molar-refractivity contribution in [3.63, 3.8) is 0 Å². The van der Waals surface area contributed by atoms with Crippen molar-refractivity contribution in [3.8, 4) is 0 Å². The monoisotopic (exact) mass is 348 g/mol. The first-order valence-corrected chi connectivity index (χ1v) is 9.09. The molecule has 0 saturated heterocycles. The van der Waals surface area contributed by atoms with Crippen LogP contribution in [0.3, 0.4) is 0 Å². The van der Waals surface area contributed by atoms with E-state index in [-0.39, 0.29) is 24.9 Å². The van der Waals surface area contributed by atoms with Crippen molar-refractivity contribution in [2.75, 3.05) is 21.7 Å². The third kappa shape index (κ3) is 2.41. The minimum absolute atomic E-state index is 0.0462. The molecule has 0 spiro atoms. The number of rotatable bonds is 5. The van der Waals surface area contributed by atoms with Crippen LogP contribution in [-0.2, 0) is 10.2 Å². The molecule has 9 heteroatoms. The number of nitrogens with one attached hydrogen (secondary N) is 1. The number of benzene rings is 1. The topological polar surface area (TPSA) is 95.8 Å². The SMILES string of the molecule is O=C(NCCN1c2ccccc2N(C2CC2)S1(=O)=O)c1ccno1. The van der Waals surface area contributed by atoms with Gasteiger partial charge in [-0.1, -0.05) is 17.3 Å². The van der Waals surface area contributed by atoms with E-state index in [1.807, 2.05) is 18.2 Å². The zero-order valence-corrected chi connectivity index (χ0v) is 13.6. The van der Waals surface area contributed by atoms with Gasteiger partial charge in [0.05, 0.1) is 24.1 Å². The lowest BCUT2D eigenvalue weighted by molar-refractivity contribution is 0.0918. The highest BCUT2D eigenvalue weighted by Gasteiger charge is 2.47. The lowest BCUT2D eigenvalue weighted by Crippen LogP contribution is -2.42. The molecule has 2 aromatic rings. The molecule has 8 nitrogen and oxygen atoms in total. The Hall–Kier alpha value is -2.55. The van der Waals surface area contributed by atoms with Crippen LogP contribution in [0.1, 0.15) is 23.4 Å². The van der Waals surface area contributed by atoms with Gasteiger partial charge in [-0.25, -0.2) is 8.61 Å². The second kappa shape index (κ2) is 5.52. The zero-order valence-electron chi connectivity index (χ0n) is 12.8. The Kier molecular flexibility index (Phi) is 3.45. The molecule has 1 aliphatic carbocycles. The Morgan fingerprint density at radius 3 is 2.67 bits per heavy atom. The van der Waals surface area contributed by atoms with Crippen LogP contribution in [0.4, 0.5) is 11.4 Å². The number of hydrogen-bond donors (Lipinski definition) is 1. The lowest BCUT2D eigenvalue weighted by atomic mass is 10.2. The van der Waals surface area contributed by atoms with E-state index >= 15 is 0 Å². The molecule has 1 amide bonds. The predicted octanol–water partition coefficient (Wildman–Crippen LogP) is 1.14. The fraction of sp³-hybridized carbons (Fsp3) is 0.333. The van der Waals surface area contributed by atoms with Crippen molar-refractivity contribution < 1.29 is 17.7 Å². The summed E-state index contributed by atoms with van der Waals surface area (Å²) >= 11 is 0. The Morgan fingerprint density at radius 1 is 1.25 bits per heavy atom. The van der Waals surface area contributed by atoms with Gasteiger partial charge in [-0.15, -0.1) is 0 Å². The standard InChI is InChI=1S/C15H16N4O4S/c20-15(14-7-8-17-23-14)16-9-10-18-12-3-1-2-4-13(12)19(11-5-6-11)24(18,21)22/h1-4,7-8,11H,5-6,9-10H2,(H,16,20). The third-order valence-corrected chi connectivity index (χ3v) is 5.98. The third-order valence-electron chi connectivity index (χ3n) is 4.06. The van der Waals surface area contributed by atoms with Gasteiger partial charge >= 0.3 is 10.2 Å². The second-order valence-electron chi connectivity index (χ2n) is 5.73. The molecule has 24 heavy (non-hydrogen) atoms. The summed E-state index contributed by atoms with van der Waals surface area (Å²) in [6.45, 7) is 0.327. The number of hydrogen-bond acceptors (Lipinski definition) is 5. The Morgan fingerprint density at radius 2 is 2.00 bits per heavy atom. The number of amides is 1. The highest BCUT2D eigenvalue weighted by molar-refractivity contribution is 7.94. The maximum Gasteiger partial charge on any atom is 0.326 e. The summed E-state index contributed by atoms with van der Waals surface area (Å²) in [4.78, 5) is 11.8. The summed E-state index contributed by atoms with van der Waals surface area (Å²) in [7, 11) is -3.60. The average molecular weight is 348 g/mol. The van der Waals surface area contributed by atoms with Crippen molar-refractivity contribution in [3.05, 3.63) is 42.3 Å². The minimum Gasteiger partial charge on any atom is -0.351 e. The van der Waals surface area contributed by atoms with Gasteiger partial charge in [-0.3, -0.25) is 4.79 Å². The first-order chi connectivity index (χ1) is 11.6. The van der Waals surface area contributed by atoms with E-state index in [9.17, 15) is 13.2 Å². The summed E-state index contributed by atoms with van der Waals surface area (Å²) in [5, 5.41) is 6.11. The van der Waals surface area contributed by atoms with Gasteiger partial charge in [0.25, 0.3) is 5.91 Å². The maximum atomic E-state index is 12.8. The van der Waals surface area contributed by atoms with E-state index in [0.29, 0.717) is 11.4 Å². The molecule has 2 heterocycles. The van der Waals surface area contributed by atoms with Crippen molar-refractivity contribution in [2.45, 2.75) is 18.9 Å². The molecule has 1 N–H and O–H groups in total. The number of anilines is 2. The quantitative estimate of drug-likeness (QED) is 0.874. The van der Waals surface area contributed by atoms with Crippen LogP contribution in [0, 0.1) is 0 Å². The van der Waals surface area contributed by atoms with Gasteiger partial charge < -0.3 is 9.84 Å². The Bertz CT molecular complexity index is 861. The highest BCUT2D eigenvalue weighted by Crippen LogP contribution is 2.46. The largest absolute Gasteiger partial charge is 0.351 e. The van der Waals surface area contributed by atoms with Crippen LogP contribution in [0.2, 0.25) is 0 Å². The molecule has 1 fully saturated rings. The van der Waals surface area contributed by atoms with Crippen LogP contribution < -0.4 is 13.9 Å². The fourth-order valence-corrected chi connectivity index (χ4v) is 4.76. The van der Waals surface area contributed by atoms with Crippen LogP contribution in [0.5, 0.6) is 0 Å². The molecule has 126 valence electrons. The number of fused-ring (bicyclic) bond motifs is 1. The Labute approximate surface area is 139 Å². The second-order valence-corrected chi connectivity index (χ2v) is 7.46. The van der Waals surface area contributed by atoms with Crippen LogP contribution in [0.15, 0.2) is 41.1 Å². The predicted molar refractivity (Wildman–Crippen MR) is 87.0 cm³/mol. The van der Waals surface area contributed by atoms with E-state index in [4.69, 9.17) is 4.52 Å². The molecule has 1 saturated carbocycles. The number of para-hydroxylation sites is 2. The first-order valence-electron chi connectivity index (χ1n) is 7.69. The summed E-state index contributed by atoms with van der Waals surface area (Å²) in [6, 6.07) is 8.74.